The summed E-state index contributed by atoms with van der Waals surface area (Å²) in [6, 6.07) is 14.2. The number of hydrogen-bond donors (Lipinski definition) is 2. The van der Waals surface area contributed by atoms with Crippen LogP contribution in [-0.2, 0) is 14.8 Å². The highest BCUT2D eigenvalue weighted by molar-refractivity contribution is 7.89. The number of nitrogens with one attached hydrogen (secondary N) is 2. The molecule has 6 nitrogen and oxygen atoms in total. The molecule has 0 saturated carbocycles. The summed E-state index contributed by atoms with van der Waals surface area (Å²) in [5, 5.41) is 2.61. The number of aryl methyl sites for hydroxylation is 1. The summed E-state index contributed by atoms with van der Waals surface area (Å²) >= 11 is 0. The molecule has 1 amide bonds. The minimum absolute atomic E-state index is 0.171. The number of amides is 1. The van der Waals surface area contributed by atoms with Crippen molar-refractivity contribution in [3.63, 3.8) is 0 Å². The van der Waals surface area contributed by atoms with Crippen LogP contribution in [0.5, 0.6) is 0 Å². The molecule has 2 aromatic carbocycles. The monoisotopic (exact) mass is 375 g/mol. The molecular formula is C19H25N3O3S. The standard InChI is InChI=1S/C19H25N3O3S/c1-4-22(18-7-5-6-15(2)14-18)13-12-20-26(24,25)19-10-8-17(9-11-19)21-16(3)23/h5-11,14,20H,4,12-13H2,1-3H3,(H,21,23). The molecule has 2 N–H and O–H groups in total. The van der Waals surface area contributed by atoms with Gasteiger partial charge in [-0.3, -0.25) is 4.79 Å². The first kappa shape index (κ1) is 19.9. The maximum absolute atomic E-state index is 12.4. The molecule has 0 aliphatic carbocycles. The summed E-state index contributed by atoms with van der Waals surface area (Å²) in [5.74, 6) is -0.200. The van der Waals surface area contributed by atoms with Gasteiger partial charge in [0.1, 0.15) is 0 Å². The maximum Gasteiger partial charge on any atom is 0.240 e. The maximum atomic E-state index is 12.4. The molecule has 0 radical (unpaired) electrons. The molecule has 0 aliphatic rings. The van der Waals surface area contributed by atoms with Gasteiger partial charge < -0.3 is 10.2 Å². The fourth-order valence-electron chi connectivity index (χ4n) is 2.61. The second-order valence-corrected chi connectivity index (χ2v) is 7.79. The quantitative estimate of drug-likeness (QED) is 0.744. The number of anilines is 2. The lowest BCUT2D eigenvalue weighted by atomic mass is 10.2. The van der Waals surface area contributed by atoms with Crippen LogP contribution in [0.25, 0.3) is 0 Å². The zero-order valence-electron chi connectivity index (χ0n) is 15.3. The van der Waals surface area contributed by atoms with Gasteiger partial charge in [0.25, 0.3) is 0 Å². The van der Waals surface area contributed by atoms with Gasteiger partial charge in [0, 0.05) is 37.9 Å². The van der Waals surface area contributed by atoms with Crippen molar-refractivity contribution in [3.8, 4) is 0 Å². The second-order valence-electron chi connectivity index (χ2n) is 6.02. The summed E-state index contributed by atoms with van der Waals surface area (Å²) in [6.07, 6.45) is 0. The molecule has 0 fully saturated rings. The minimum atomic E-state index is -3.59. The predicted molar refractivity (Wildman–Crippen MR) is 105 cm³/mol. The Morgan fingerprint density at radius 2 is 1.81 bits per heavy atom. The van der Waals surface area contributed by atoms with Gasteiger partial charge in [-0.2, -0.15) is 0 Å². The Kier molecular flexibility index (Phi) is 6.76. The van der Waals surface area contributed by atoms with Crippen molar-refractivity contribution in [3.05, 3.63) is 54.1 Å². The fourth-order valence-corrected chi connectivity index (χ4v) is 3.63. The van der Waals surface area contributed by atoms with Gasteiger partial charge in [-0.1, -0.05) is 12.1 Å². The van der Waals surface area contributed by atoms with E-state index in [1.54, 1.807) is 12.1 Å². The lowest BCUT2D eigenvalue weighted by molar-refractivity contribution is -0.114. The first-order valence-corrected chi connectivity index (χ1v) is 9.99. The first-order chi connectivity index (χ1) is 12.3. The van der Waals surface area contributed by atoms with E-state index < -0.39 is 10.0 Å². The van der Waals surface area contributed by atoms with Crippen LogP contribution in [0.2, 0.25) is 0 Å². The molecule has 0 bridgehead atoms. The van der Waals surface area contributed by atoms with Gasteiger partial charge in [-0.15, -0.1) is 0 Å². The molecule has 0 atom stereocenters. The Morgan fingerprint density at radius 3 is 2.38 bits per heavy atom. The van der Waals surface area contributed by atoms with E-state index in [9.17, 15) is 13.2 Å². The molecule has 0 aromatic heterocycles. The van der Waals surface area contributed by atoms with E-state index in [1.807, 2.05) is 32.0 Å². The highest BCUT2D eigenvalue weighted by atomic mass is 32.2. The number of sulfonamides is 1. The lowest BCUT2D eigenvalue weighted by Gasteiger charge is -2.23. The molecule has 0 saturated heterocycles. The molecule has 26 heavy (non-hydrogen) atoms. The van der Waals surface area contributed by atoms with Crippen molar-refractivity contribution in [1.82, 2.24) is 4.72 Å². The van der Waals surface area contributed by atoms with Crippen molar-refractivity contribution in [2.75, 3.05) is 29.9 Å². The molecule has 0 spiro atoms. The average molecular weight is 375 g/mol. The molecule has 140 valence electrons. The largest absolute Gasteiger partial charge is 0.370 e. The van der Waals surface area contributed by atoms with Crippen molar-refractivity contribution in [2.45, 2.75) is 25.7 Å². The zero-order chi connectivity index (χ0) is 19.2. The number of carbonyl (C=O) groups excluding carboxylic acids is 1. The number of nitrogens with zero attached hydrogens (tertiary/aromatic N) is 1. The van der Waals surface area contributed by atoms with Gasteiger partial charge in [0.2, 0.25) is 15.9 Å². The highest BCUT2D eigenvalue weighted by Gasteiger charge is 2.14. The van der Waals surface area contributed by atoms with E-state index in [4.69, 9.17) is 0 Å². The smallest absolute Gasteiger partial charge is 0.240 e. The molecule has 0 aliphatic heterocycles. The van der Waals surface area contributed by atoms with Gasteiger partial charge in [0.05, 0.1) is 4.90 Å². The number of benzene rings is 2. The van der Waals surface area contributed by atoms with Crippen molar-refractivity contribution < 1.29 is 13.2 Å². The van der Waals surface area contributed by atoms with Gasteiger partial charge >= 0.3 is 0 Å². The molecule has 2 rings (SSSR count). The van der Waals surface area contributed by atoms with Crippen molar-refractivity contribution >= 4 is 27.3 Å². The van der Waals surface area contributed by atoms with E-state index in [-0.39, 0.29) is 10.8 Å². The Morgan fingerprint density at radius 1 is 1.12 bits per heavy atom. The van der Waals surface area contributed by atoms with Crippen molar-refractivity contribution in [2.24, 2.45) is 0 Å². The Balaban J connectivity index is 1.97. The predicted octanol–water partition coefficient (Wildman–Crippen LogP) is 2.76. The second kappa shape index (κ2) is 8.82. The lowest BCUT2D eigenvalue weighted by Crippen LogP contribution is -2.35. The number of rotatable bonds is 8. The van der Waals surface area contributed by atoms with E-state index in [0.717, 1.165) is 12.2 Å². The van der Waals surface area contributed by atoms with Gasteiger partial charge in [-0.25, -0.2) is 13.1 Å². The minimum Gasteiger partial charge on any atom is -0.370 e. The SMILES string of the molecule is CCN(CCNS(=O)(=O)c1ccc(NC(C)=O)cc1)c1cccc(C)c1. The summed E-state index contributed by atoms with van der Waals surface area (Å²) in [4.78, 5) is 13.3. The number of carbonyl (C=O) groups is 1. The Hall–Kier alpha value is -2.38. The molecular weight excluding hydrogens is 350 g/mol. The van der Waals surface area contributed by atoms with Crippen LogP contribution in [0.1, 0.15) is 19.4 Å². The van der Waals surface area contributed by atoms with Crippen LogP contribution >= 0.6 is 0 Å². The third-order valence-corrected chi connectivity index (χ3v) is 5.38. The highest BCUT2D eigenvalue weighted by Crippen LogP contribution is 2.16. The van der Waals surface area contributed by atoms with E-state index in [2.05, 4.69) is 21.0 Å². The van der Waals surface area contributed by atoms with Crippen LogP contribution in [0.15, 0.2) is 53.4 Å². The third-order valence-electron chi connectivity index (χ3n) is 3.91. The number of likely N-dealkylation sites (N-methyl/N-ethyl adjacent to an activating group) is 1. The summed E-state index contributed by atoms with van der Waals surface area (Å²) in [6.45, 7) is 7.14. The summed E-state index contributed by atoms with van der Waals surface area (Å²) in [7, 11) is -3.59. The molecule has 0 heterocycles. The Bertz CT molecular complexity index is 849. The van der Waals surface area contributed by atoms with Crippen LogP contribution < -0.4 is 14.9 Å². The Labute approximate surface area is 155 Å². The summed E-state index contributed by atoms with van der Waals surface area (Å²) in [5.41, 5.74) is 2.81. The zero-order valence-corrected chi connectivity index (χ0v) is 16.1. The van der Waals surface area contributed by atoms with Crippen LogP contribution in [0, 0.1) is 6.92 Å². The van der Waals surface area contributed by atoms with Gasteiger partial charge in [0.15, 0.2) is 0 Å². The van der Waals surface area contributed by atoms with Crippen LogP contribution in [-0.4, -0.2) is 34.0 Å². The first-order valence-electron chi connectivity index (χ1n) is 8.51. The van der Waals surface area contributed by atoms with Crippen molar-refractivity contribution in [1.29, 1.82) is 0 Å². The van der Waals surface area contributed by atoms with E-state index >= 15 is 0 Å². The normalized spacial score (nSPS) is 11.2. The molecule has 2 aromatic rings. The molecule has 0 unspecified atom stereocenters. The van der Waals surface area contributed by atoms with E-state index in [0.29, 0.717) is 18.8 Å². The van der Waals surface area contributed by atoms with Gasteiger partial charge in [-0.05, 0) is 55.8 Å². The fraction of sp³-hybridized carbons (Fsp3) is 0.316. The summed E-state index contributed by atoms with van der Waals surface area (Å²) < 4.78 is 27.4. The number of hydrogen-bond acceptors (Lipinski definition) is 4. The topological polar surface area (TPSA) is 78.5 Å². The van der Waals surface area contributed by atoms with Crippen LogP contribution in [0.3, 0.4) is 0 Å². The van der Waals surface area contributed by atoms with Crippen LogP contribution in [0.4, 0.5) is 11.4 Å². The average Bonchev–Trinajstić information content (AvgIpc) is 2.58. The third kappa shape index (κ3) is 5.57. The molecule has 7 heteroatoms. The van der Waals surface area contributed by atoms with E-state index in [1.165, 1.54) is 24.6 Å².